The topological polar surface area (TPSA) is 0 Å². The highest BCUT2D eigenvalue weighted by Crippen LogP contribution is 2.52. The molecule has 0 nitrogen and oxygen atoms in total. The van der Waals surface area contributed by atoms with Gasteiger partial charge in [-0.25, -0.2) is 0 Å². The molecule has 0 saturated heterocycles. The van der Waals surface area contributed by atoms with Gasteiger partial charge in [-0.1, -0.05) is 203 Å². The Labute approximate surface area is 292 Å². The van der Waals surface area contributed by atoms with Crippen molar-refractivity contribution in [1.29, 1.82) is 0 Å². The van der Waals surface area contributed by atoms with Crippen molar-refractivity contribution >= 4 is 0 Å². The van der Waals surface area contributed by atoms with E-state index < -0.39 is 0 Å². The van der Waals surface area contributed by atoms with E-state index in [1.165, 1.54) is 91.2 Å². The first-order chi connectivity index (χ1) is 21.6. The van der Waals surface area contributed by atoms with Gasteiger partial charge in [-0.05, 0) is 90.1 Å². The molecule has 0 bridgehead atoms. The van der Waals surface area contributed by atoms with Crippen LogP contribution in [0.1, 0.15) is 168 Å². The Morgan fingerprint density at radius 1 is 0.913 bits per heavy atom. The number of hydrogen-bond donors (Lipinski definition) is 0. The molecule has 1 saturated carbocycles. The second-order valence-electron chi connectivity index (χ2n) is 13.0. The van der Waals surface area contributed by atoms with Crippen LogP contribution in [0.4, 0.5) is 0 Å². The Balaban J connectivity index is -0.000000970. The van der Waals surface area contributed by atoms with Crippen LogP contribution in [0, 0.1) is 29.6 Å². The molecule has 0 heteroatoms. The molecular formula is C46H82. The lowest BCUT2D eigenvalue weighted by Crippen LogP contribution is -2.07. The van der Waals surface area contributed by atoms with Gasteiger partial charge in [-0.3, -0.25) is 0 Å². The van der Waals surface area contributed by atoms with Crippen LogP contribution >= 0.6 is 0 Å². The summed E-state index contributed by atoms with van der Waals surface area (Å²) in [6.07, 6.45) is 30.4. The molecule has 0 spiro atoms. The molecule has 0 aromatic carbocycles. The van der Waals surface area contributed by atoms with Gasteiger partial charge in [0.2, 0.25) is 0 Å². The highest BCUT2D eigenvalue weighted by atomic mass is 14.5. The minimum absolute atomic E-state index is 0. The summed E-state index contributed by atoms with van der Waals surface area (Å²) in [5.41, 5.74) is 8.21. The maximum Gasteiger partial charge on any atom is -0.00202 e. The summed E-state index contributed by atoms with van der Waals surface area (Å²) in [6, 6.07) is 0. The molecule has 266 valence electrons. The lowest BCUT2D eigenvalue weighted by molar-refractivity contribution is 0.432. The Bertz CT molecular complexity index is 954. The monoisotopic (exact) mass is 635 g/mol. The van der Waals surface area contributed by atoms with E-state index in [9.17, 15) is 0 Å². The number of hydrogen-bond acceptors (Lipinski definition) is 0. The first kappa shape index (κ1) is 48.3. The van der Waals surface area contributed by atoms with Gasteiger partial charge in [0.25, 0.3) is 0 Å². The highest BCUT2D eigenvalue weighted by Gasteiger charge is 2.44. The third-order valence-electron chi connectivity index (χ3n) is 9.81. The molecular weight excluding hydrogens is 553 g/mol. The summed E-state index contributed by atoms with van der Waals surface area (Å²) < 4.78 is 0. The van der Waals surface area contributed by atoms with Gasteiger partial charge >= 0.3 is 0 Å². The summed E-state index contributed by atoms with van der Waals surface area (Å²) in [5.74, 6) is 4.22. The number of allylic oxidation sites excluding steroid dienone is 13. The van der Waals surface area contributed by atoms with Crippen molar-refractivity contribution < 1.29 is 0 Å². The van der Waals surface area contributed by atoms with Gasteiger partial charge in [0.05, 0.1) is 0 Å². The second kappa shape index (κ2) is 30.3. The Hall–Kier alpha value is -2.08. The van der Waals surface area contributed by atoms with Crippen LogP contribution in [0.25, 0.3) is 0 Å². The fourth-order valence-corrected chi connectivity index (χ4v) is 6.27. The van der Waals surface area contributed by atoms with Gasteiger partial charge in [0.1, 0.15) is 0 Å². The molecule has 0 aliphatic heterocycles. The predicted molar refractivity (Wildman–Crippen MR) is 218 cm³/mol. The fourth-order valence-electron chi connectivity index (χ4n) is 6.27. The van der Waals surface area contributed by atoms with Gasteiger partial charge in [0, 0.05) is 0 Å². The molecule has 0 amide bonds. The molecule has 2 aliphatic carbocycles. The van der Waals surface area contributed by atoms with E-state index in [1.54, 1.807) is 0 Å². The van der Waals surface area contributed by atoms with Crippen molar-refractivity contribution in [3.8, 4) is 0 Å². The maximum absolute atomic E-state index is 4.31. The lowest BCUT2D eigenvalue weighted by atomic mass is 9.79. The van der Waals surface area contributed by atoms with Gasteiger partial charge < -0.3 is 0 Å². The SMILES string of the molecule is C.C=C/C=C\C=C1/CC(C=C)=C(C)C(/C=C\C(=C)C(C)CC)=C1CCC1C(C)C1CC.CC.CCC.CCCCCC(CC)CC. The molecule has 0 aromatic heterocycles. The summed E-state index contributed by atoms with van der Waals surface area (Å²) >= 11 is 0. The summed E-state index contributed by atoms with van der Waals surface area (Å²) in [7, 11) is 0. The van der Waals surface area contributed by atoms with Gasteiger partial charge in [0.15, 0.2) is 0 Å². The fraction of sp³-hybridized carbons (Fsp3) is 0.652. The molecule has 4 unspecified atom stereocenters. The van der Waals surface area contributed by atoms with Crippen molar-refractivity contribution in [2.24, 2.45) is 29.6 Å². The largest absolute Gasteiger partial charge is 0.0991 e. The third-order valence-corrected chi connectivity index (χ3v) is 9.81. The van der Waals surface area contributed by atoms with Crippen molar-refractivity contribution in [3.63, 3.8) is 0 Å². The van der Waals surface area contributed by atoms with Crippen molar-refractivity contribution in [1.82, 2.24) is 0 Å². The quantitative estimate of drug-likeness (QED) is 0.110. The van der Waals surface area contributed by atoms with Crippen LogP contribution in [0.2, 0.25) is 0 Å². The molecule has 0 aromatic rings. The van der Waals surface area contributed by atoms with Crippen molar-refractivity contribution in [3.05, 3.63) is 95.7 Å². The maximum atomic E-state index is 4.31. The van der Waals surface area contributed by atoms with Gasteiger partial charge in [-0.2, -0.15) is 0 Å². The smallest absolute Gasteiger partial charge is 0.00202 e. The second-order valence-corrected chi connectivity index (χ2v) is 13.0. The number of rotatable bonds is 17. The molecule has 1 fully saturated rings. The minimum Gasteiger partial charge on any atom is -0.0991 e. The molecule has 0 heterocycles. The number of unbranched alkanes of at least 4 members (excludes halogenated alkanes) is 2. The van der Waals surface area contributed by atoms with Crippen molar-refractivity contribution in [2.75, 3.05) is 0 Å². The average Bonchev–Trinajstić information content (AvgIpc) is 3.70. The van der Waals surface area contributed by atoms with E-state index in [2.05, 4.69) is 113 Å². The minimum atomic E-state index is 0. The Kier molecular flexibility index (Phi) is 31.8. The first-order valence-electron chi connectivity index (χ1n) is 19.1. The Morgan fingerprint density at radius 3 is 1.98 bits per heavy atom. The molecule has 0 N–H and O–H groups in total. The summed E-state index contributed by atoms with van der Waals surface area (Å²) in [4.78, 5) is 0. The van der Waals surface area contributed by atoms with Crippen LogP contribution in [0.3, 0.4) is 0 Å². The van der Waals surface area contributed by atoms with E-state index in [-0.39, 0.29) is 7.43 Å². The first-order valence-corrected chi connectivity index (χ1v) is 19.1. The molecule has 2 rings (SSSR count). The standard InChI is InChI=1S/C30H42.C10H22.C3H8.C2H6.CH4/c1-9-13-14-15-26-20-25(11-3)23(7)28(17-16-22(6)21(5)10-2)30(26)19-18-29-24(8)27(29)12-4;1-4-7-8-9-10(5-2)6-3;1-3-2;1-2;/h9,11,13-17,21,24,27,29H,1,3,6,10,12,18-20H2,2,4-5,7-8H3;10H,4-9H2,1-3H3;3H2,1-2H3;1-2H3;1H4/b14-13-,17-16-,26-15+;;;;. The van der Waals surface area contributed by atoms with E-state index in [0.29, 0.717) is 5.92 Å². The van der Waals surface area contributed by atoms with Crippen LogP contribution in [0.5, 0.6) is 0 Å². The van der Waals surface area contributed by atoms with E-state index in [4.69, 9.17) is 0 Å². The molecule has 46 heavy (non-hydrogen) atoms. The normalized spacial score (nSPS) is 20.3. The zero-order chi connectivity index (χ0) is 34.8. The van der Waals surface area contributed by atoms with Crippen LogP contribution in [-0.2, 0) is 0 Å². The van der Waals surface area contributed by atoms with E-state index in [0.717, 1.165) is 42.9 Å². The van der Waals surface area contributed by atoms with Crippen LogP contribution in [-0.4, -0.2) is 0 Å². The van der Waals surface area contributed by atoms with Crippen molar-refractivity contribution in [2.45, 2.75) is 168 Å². The lowest BCUT2D eigenvalue weighted by Gasteiger charge is -2.25. The molecule has 0 radical (unpaired) electrons. The predicted octanol–water partition coefficient (Wildman–Crippen LogP) is 16.2. The van der Waals surface area contributed by atoms with E-state index in [1.807, 2.05) is 32.1 Å². The third kappa shape index (κ3) is 18.3. The average molecular weight is 635 g/mol. The summed E-state index contributed by atoms with van der Waals surface area (Å²) in [5, 5.41) is 0. The zero-order valence-electron chi connectivity index (χ0n) is 32.5. The van der Waals surface area contributed by atoms with Gasteiger partial charge in [-0.15, -0.1) is 0 Å². The zero-order valence-corrected chi connectivity index (χ0v) is 32.5. The van der Waals surface area contributed by atoms with Crippen LogP contribution < -0.4 is 0 Å². The van der Waals surface area contributed by atoms with E-state index >= 15 is 0 Å². The highest BCUT2D eigenvalue weighted by molar-refractivity contribution is 5.60. The Morgan fingerprint density at radius 2 is 1.52 bits per heavy atom. The molecule has 2 aliphatic rings. The van der Waals surface area contributed by atoms with Crippen LogP contribution in [0.15, 0.2) is 95.7 Å². The molecule has 4 atom stereocenters. The summed E-state index contributed by atoms with van der Waals surface area (Å²) in [6.45, 7) is 38.9.